The summed E-state index contributed by atoms with van der Waals surface area (Å²) in [6, 6.07) is 8.78. The molecule has 2 aromatic rings. The maximum Gasteiger partial charge on any atom is 0.340 e. The van der Waals surface area contributed by atoms with Crippen molar-refractivity contribution < 1.29 is 23.1 Å². The summed E-state index contributed by atoms with van der Waals surface area (Å²) >= 11 is 6.28. The third-order valence-corrected chi connectivity index (χ3v) is 13.7. The Morgan fingerprint density at radius 3 is 2.54 bits per heavy atom. The molecule has 0 aromatic heterocycles. The zero-order valence-electron chi connectivity index (χ0n) is 24.2. The number of nitrogens with zero attached hydrogens (tertiary/aromatic N) is 1. The molecule has 2 aliphatic rings. The van der Waals surface area contributed by atoms with Crippen molar-refractivity contribution >= 4 is 31.6 Å². The van der Waals surface area contributed by atoms with Gasteiger partial charge in [0.05, 0.1) is 18.4 Å². The average molecular weight is 576 g/mol. The first-order chi connectivity index (χ1) is 18.4. The second-order valence-electron chi connectivity index (χ2n) is 12.6. The van der Waals surface area contributed by atoms with Crippen molar-refractivity contribution in [2.24, 2.45) is 11.8 Å². The molecule has 8 heteroatoms. The Bertz CT molecular complexity index is 1180. The number of benzene rings is 2. The van der Waals surface area contributed by atoms with Crippen LogP contribution in [0.3, 0.4) is 0 Å². The zero-order valence-corrected chi connectivity index (χ0v) is 26.0. The van der Waals surface area contributed by atoms with Gasteiger partial charge in [-0.15, -0.1) is 0 Å². The third-order valence-electron chi connectivity index (χ3n) is 8.96. The highest BCUT2D eigenvalue weighted by Gasteiger charge is 2.40. The van der Waals surface area contributed by atoms with Crippen LogP contribution in [0.5, 0.6) is 5.75 Å². The van der Waals surface area contributed by atoms with Crippen LogP contribution >= 0.6 is 11.6 Å². The number of esters is 1. The summed E-state index contributed by atoms with van der Waals surface area (Å²) < 4.78 is 32.8. The van der Waals surface area contributed by atoms with Crippen LogP contribution in [-0.2, 0) is 22.2 Å². The molecule has 1 saturated carbocycles. The summed E-state index contributed by atoms with van der Waals surface area (Å²) in [7, 11) is -0.551. The van der Waals surface area contributed by atoms with Gasteiger partial charge in [0.25, 0.3) is 0 Å². The summed E-state index contributed by atoms with van der Waals surface area (Å²) in [4.78, 5) is 14.7. The number of methoxy groups -OCH3 is 1. The van der Waals surface area contributed by atoms with Crippen LogP contribution < -0.4 is 9.64 Å². The second kappa shape index (κ2) is 12.2. The van der Waals surface area contributed by atoms with E-state index in [1.807, 2.05) is 18.2 Å². The van der Waals surface area contributed by atoms with Gasteiger partial charge in [0.15, 0.2) is 8.32 Å². The molecule has 5 nitrogen and oxygen atoms in total. The minimum absolute atomic E-state index is 0.0710. The zero-order chi connectivity index (χ0) is 28.4. The predicted molar refractivity (Wildman–Crippen MR) is 158 cm³/mol. The van der Waals surface area contributed by atoms with Gasteiger partial charge in [-0.1, -0.05) is 38.4 Å². The van der Waals surface area contributed by atoms with Gasteiger partial charge in [0, 0.05) is 30.8 Å². The van der Waals surface area contributed by atoms with Crippen molar-refractivity contribution in [1.82, 2.24) is 0 Å². The lowest BCUT2D eigenvalue weighted by Crippen LogP contribution is -2.46. The van der Waals surface area contributed by atoms with Gasteiger partial charge in [-0.3, -0.25) is 0 Å². The highest BCUT2D eigenvalue weighted by molar-refractivity contribution is 6.74. The lowest BCUT2D eigenvalue weighted by Gasteiger charge is -2.44. The van der Waals surface area contributed by atoms with Crippen molar-refractivity contribution in [3.8, 4) is 5.75 Å². The molecular weight excluding hydrogens is 533 g/mol. The van der Waals surface area contributed by atoms with Gasteiger partial charge in [-0.2, -0.15) is 0 Å². The third kappa shape index (κ3) is 6.98. The van der Waals surface area contributed by atoms with E-state index in [0.717, 1.165) is 68.6 Å². The van der Waals surface area contributed by atoms with E-state index in [1.54, 1.807) is 6.07 Å². The number of carbonyl (C=O) groups is 1. The molecular formula is C31H43ClFNO4Si. The van der Waals surface area contributed by atoms with Gasteiger partial charge in [0.1, 0.15) is 18.2 Å². The molecule has 39 heavy (non-hydrogen) atoms. The van der Waals surface area contributed by atoms with Crippen molar-refractivity contribution in [2.45, 2.75) is 77.6 Å². The normalized spacial score (nSPS) is 20.2. The maximum absolute atomic E-state index is 15.1. The Labute approximate surface area is 239 Å². The number of carbonyl (C=O) groups excluding carboxylic acids is 1. The summed E-state index contributed by atoms with van der Waals surface area (Å²) in [6.45, 7) is 14.1. The van der Waals surface area contributed by atoms with Crippen LogP contribution in [0.1, 0.15) is 67.9 Å². The van der Waals surface area contributed by atoms with E-state index >= 15 is 4.39 Å². The molecule has 1 heterocycles. The van der Waals surface area contributed by atoms with Crippen LogP contribution in [0.25, 0.3) is 0 Å². The Hall–Kier alpha value is -2.09. The molecule has 0 unspecified atom stereocenters. The Balaban J connectivity index is 1.60. The van der Waals surface area contributed by atoms with Gasteiger partial charge >= 0.3 is 5.97 Å². The number of rotatable bonds is 6. The Kier molecular flexibility index (Phi) is 9.34. The summed E-state index contributed by atoms with van der Waals surface area (Å²) in [6.07, 6.45) is 5.13. The number of hydrogen-bond donors (Lipinski definition) is 0. The van der Waals surface area contributed by atoms with Crippen molar-refractivity contribution in [3.05, 3.63) is 57.9 Å². The van der Waals surface area contributed by atoms with Gasteiger partial charge in [-0.05, 0) is 91.4 Å². The minimum atomic E-state index is -1.82. The van der Waals surface area contributed by atoms with Crippen LogP contribution in [0.15, 0.2) is 30.3 Å². The average Bonchev–Trinajstić information content (AvgIpc) is 2.88. The smallest absolute Gasteiger partial charge is 0.340 e. The highest BCUT2D eigenvalue weighted by atomic mass is 35.5. The lowest BCUT2D eigenvalue weighted by molar-refractivity contribution is 0.0595. The standard InChI is InChI=1S/C31H43ClFNO4Si/c1-31(2,3)39(5,6)38-20-24-11-10-22(24)18-34-14-8-7-9-21-15-25(32)13-12-23(21)19-37-29-17-27(33)26(16-28(29)34)30(35)36-4/h12-13,15-17,22,24H,7-11,14,18-20H2,1-6H3/t22-,24-/m0/s1. The number of fused-ring (bicyclic) bond motifs is 2. The molecule has 2 atom stereocenters. The number of anilines is 1. The number of halogens is 2. The summed E-state index contributed by atoms with van der Waals surface area (Å²) in [5.41, 5.74) is 2.87. The first kappa shape index (κ1) is 29.9. The van der Waals surface area contributed by atoms with Crippen LogP contribution in [-0.4, -0.2) is 41.1 Å². The number of hydrogen-bond acceptors (Lipinski definition) is 5. The molecule has 0 amide bonds. The molecule has 0 radical (unpaired) electrons. The van der Waals surface area contributed by atoms with Crippen LogP contribution in [0.2, 0.25) is 23.2 Å². The van der Waals surface area contributed by atoms with Crippen molar-refractivity contribution in [1.29, 1.82) is 0 Å². The maximum atomic E-state index is 15.1. The molecule has 2 aromatic carbocycles. The van der Waals surface area contributed by atoms with Gasteiger partial charge < -0.3 is 18.8 Å². The van der Waals surface area contributed by atoms with E-state index in [2.05, 4.69) is 38.8 Å². The minimum Gasteiger partial charge on any atom is -0.487 e. The fourth-order valence-corrected chi connectivity index (χ4v) is 6.40. The molecule has 0 spiro atoms. The molecule has 0 bridgehead atoms. The summed E-state index contributed by atoms with van der Waals surface area (Å²) in [5, 5.41) is 0.882. The van der Waals surface area contributed by atoms with Crippen LogP contribution in [0.4, 0.5) is 10.1 Å². The van der Waals surface area contributed by atoms with Gasteiger partial charge in [-0.25, -0.2) is 9.18 Å². The predicted octanol–water partition coefficient (Wildman–Crippen LogP) is 8.04. The topological polar surface area (TPSA) is 48.0 Å². The quantitative estimate of drug-likeness (QED) is 0.258. The molecule has 1 aliphatic carbocycles. The lowest BCUT2D eigenvalue weighted by atomic mass is 9.74. The molecule has 1 aliphatic heterocycles. The number of aryl methyl sites for hydroxylation is 1. The van der Waals surface area contributed by atoms with Gasteiger partial charge in [0.2, 0.25) is 0 Å². The van der Waals surface area contributed by atoms with Crippen molar-refractivity contribution in [2.75, 3.05) is 31.7 Å². The first-order valence-electron chi connectivity index (χ1n) is 14.1. The molecule has 1 fully saturated rings. The van der Waals surface area contributed by atoms with E-state index in [-0.39, 0.29) is 10.6 Å². The van der Waals surface area contributed by atoms with E-state index in [4.69, 9.17) is 25.5 Å². The molecule has 4 rings (SSSR count). The summed E-state index contributed by atoms with van der Waals surface area (Å²) in [5.74, 6) is 0.0743. The second-order valence-corrected chi connectivity index (χ2v) is 17.8. The highest BCUT2D eigenvalue weighted by Crippen LogP contribution is 2.42. The molecule has 0 saturated heterocycles. The van der Waals surface area contributed by atoms with E-state index in [1.165, 1.54) is 13.2 Å². The largest absolute Gasteiger partial charge is 0.487 e. The van der Waals surface area contributed by atoms with Crippen LogP contribution in [0, 0.1) is 17.7 Å². The number of ether oxygens (including phenoxy) is 2. The van der Waals surface area contributed by atoms with E-state index in [0.29, 0.717) is 29.2 Å². The Morgan fingerprint density at radius 1 is 1.13 bits per heavy atom. The monoisotopic (exact) mass is 575 g/mol. The van der Waals surface area contributed by atoms with E-state index < -0.39 is 20.1 Å². The molecule has 214 valence electrons. The van der Waals surface area contributed by atoms with Crippen molar-refractivity contribution in [3.63, 3.8) is 0 Å². The SMILES string of the molecule is COC(=O)c1cc2c(cc1F)OCc1ccc(Cl)cc1CCCCN2C[C@@H]1CC[C@H]1CO[Si](C)(C)C(C)(C)C. The first-order valence-corrected chi connectivity index (χ1v) is 17.4. The van der Waals surface area contributed by atoms with E-state index in [9.17, 15) is 4.79 Å². The molecule has 0 N–H and O–H groups in total. The fourth-order valence-electron chi connectivity index (χ4n) is 5.14. The fraction of sp³-hybridized carbons (Fsp3) is 0.581. The Morgan fingerprint density at radius 2 is 1.87 bits per heavy atom.